The molecule has 2 aromatic rings. The number of thiazole rings is 1. The van der Waals surface area contributed by atoms with E-state index in [1.165, 1.54) is 0 Å². The summed E-state index contributed by atoms with van der Waals surface area (Å²) >= 11 is 1.62. The summed E-state index contributed by atoms with van der Waals surface area (Å²) in [6.07, 6.45) is 2.69. The molecule has 2 rings (SSSR count). The lowest BCUT2D eigenvalue weighted by molar-refractivity contribution is 0.783. The van der Waals surface area contributed by atoms with Crippen LogP contribution in [0.2, 0.25) is 0 Å². The molecule has 0 aromatic carbocycles. The van der Waals surface area contributed by atoms with E-state index in [0.717, 1.165) is 47.2 Å². The summed E-state index contributed by atoms with van der Waals surface area (Å²) in [4.78, 5) is 4.56. The third-order valence-corrected chi connectivity index (χ3v) is 3.72. The van der Waals surface area contributed by atoms with Gasteiger partial charge in [-0.15, -0.1) is 11.3 Å². The Balaban J connectivity index is 2.50. The van der Waals surface area contributed by atoms with Gasteiger partial charge in [0.1, 0.15) is 0 Å². The molecule has 0 aliphatic carbocycles. The second-order valence-electron chi connectivity index (χ2n) is 3.90. The summed E-state index contributed by atoms with van der Waals surface area (Å²) in [5.74, 6) is 0. The van der Waals surface area contributed by atoms with Gasteiger partial charge in [0.2, 0.25) is 5.13 Å². The first-order chi connectivity index (χ1) is 8.21. The van der Waals surface area contributed by atoms with Crippen molar-refractivity contribution < 1.29 is 0 Å². The number of rotatable bonds is 4. The maximum Gasteiger partial charge on any atom is 0.210 e. The Hall–Kier alpha value is -1.36. The van der Waals surface area contributed by atoms with Crippen molar-refractivity contribution in [3.63, 3.8) is 0 Å². The van der Waals surface area contributed by atoms with Crippen LogP contribution in [0.5, 0.6) is 0 Å². The number of nitrogens with zero attached hydrogens (tertiary/aromatic N) is 3. The number of hydrogen-bond acceptors (Lipinski definition) is 4. The summed E-state index contributed by atoms with van der Waals surface area (Å²) in [7, 11) is 0. The zero-order valence-corrected chi connectivity index (χ0v) is 11.3. The topological polar surface area (TPSA) is 56.7 Å². The van der Waals surface area contributed by atoms with Crippen LogP contribution in [0, 0.1) is 0 Å². The van der Waals surface area contributed by atoms with Gasteiger partial charge in [0.05, 0.1) is 22.8 Å². The minimum Gasteiger partial charge on any atom is -0.396 e. The Morgan fingerprint density at radius 1 is 1.24 bits per heavy atom. The monoisotopic (exact) mass is 250 g/mol. The fraction of sp³-hybridized carbons (Fsp3) is 0.500. The van der Waals surface area contributed by atoms with Gasteiger partial charge in [0.15, 0.2) is 0 Å². The van der Waals surface area contributed by atoms with Crippen LogP contribution in [0.3, 0.4) is 0 Å². The Morgan fingerprint density at radius 3 is 2.53 bits per heavy atom. The summed E-state index contributed by atoms with van der Waals surface area (Å²) < 4.78 is 1.90. The van der Waals surface area contributed by atoms with E-state index in [9.17, 15) is 0 Å². The minimum atomic E-state index is 0.822. The molecule has 0 spiro atoms. The van der Waals surface area contributed by atoms with Crippen molar-refractivity contribution in [2.75, 3.05) is 5.73 Å². The Kier molecular flexibility index (Phi) is 3.47. The fourth-order valence-electron chi connectivity index (χ4n) is 1.83. The highest BCUT2D eigenvalue weighted by Gasteiger charge is 2.15. The molecule has 5 heteroatoms. The smallest absolute Gasteiger partial charge is 0.210 e. The van der Waals surface area contributed by atoms with Crippen molar-refractivity contribution in [2.45, 2.75) is 40.0 Å². The van der Waals surface area contributed by atoms with Gasteiger partial charge >= 0.3 is 0 Å². The second-order valence-corrected chi connectivity index (χ2v) is 4.74. The normalized spacial score (nSPS) is 11.0. The lowest BCUT2D eigenvalue weighted by Crippen LogP contribution is -2.02. The average molecular weight is 250 g/mol. The maximum absolute atomic E-state index is 6.10. The summed E-state index contributed by atoms with van der Waals surface area (Å²) in [5, 5.41) is 7.56. The number of nitrogens with two attached hydrogens (primary N) is 1. The summed E-state index contributed by atoms with van der Waals surface area (Å²) in [6.45, 7) is 6.27. The van der Waals surface area contributed by atoms with Crippen LogP contribution in [0.25, 0.3) is 5.13 Å². The van der Waals surface area contributed by atoms with Gasteiger partial charge in [0, 0.05) is 5.38 Å². The van der Waals surface area contributed by atoms with Crippen molar-refractivity contribution in [1.29, 1.82) is 0 Å². The SMILES string of the molecule is CCc1csc(-n2nc(CC)c(N)c2CC)n1. The molecule has 0 aliphatic heterocycles. The first kappa shape index (κ1) is 12.1. The molecule has 2 heterocycles. The molecule has 17 heavy (non-hydrogen) atoms. The van der Waals surface area contributed by atoms with Crippen molar-refractivity contribution in [3.05, 3.63) is 22.5 Å². The third-order valence-electron chi connectivity index (χ3n) is 2.85. The van der Waals surface area contributed by atoms with Gasteiger partial charge < -0.3 is 5.73 Å². The predicted molar refractivity (Wildman–Crippen MR) is 71.8 cm³/mol. The molecular weight excluding hydrogens is 232 g/mol. The molecule has 0 unspecified atom stereocenters. The van der Waals surface area contributed by atoms with Crippen molar-refractivity contribution in [3.8, 4) is 5.13 Å². The lowest BCUT2D eigenvalue weighted by Gasteiger charge is -2.01. The van der Waals surface area contributed by atoms with Gasteiger partial charge in [-0.05, 0) is 19.3 Å². The van der Waals surface area contributed by atoms with Crippen LogP contribution >= 0.6 is 11.3 Å². The number of hydrogen-bond donors (Lipinski definition) is 1. The van der Waals surface area contributed by atoms with Gasteiger partial charge in [-0.3, -0.25) is 0 Å². The molecule has 0 bridgehead atoms. The maximum atomic E-state index is 6.10. The second kappa shape index (κ2) is 4.87. The largest absolute Gasteiger partial charge is 0.396 e. The third kappa shape index (κ3) is 2.07. The Morgan fingerprint density at radius 2 is 2.00 bits per heavy atom. The standard InChI is InChI=1S/C12H18N4S/c1-4-8-7-17-12(14-8)16-10(6-3)11(13)9(5-2)15-16/h7H,4-6,13H2,1-3H3. The quantitative estimate of drug-likeness (QED) is 0.907. The first-order valence-corrected chi connectivity index (χ1v) is 6.90. The first-order valence-electron chi connectivity index (χ1n) is 6.02. The molecule has 0 aliphatic rings. The number of anilines is 1. The molecule has 2 aromatic heterocycles. The van der Waals surface area contributed by atoms with E-state index in [4.69, 9.17) is 5.73 Å². The van der Waals surface area contributed by atoms with E-state index in [-0.39, 0.29) is 0 Å². The number of nitrogen functional groups attached to an aromatic ring is 1. The highest BCUT2D eigenvalue weighted by molar-refractivity contribution is 7.12. The van der Waals surface area contributed by atoms with E-state index < -0.39 is 0 Å². The molecule has 0 fully saturated rings. The molecule has 2 N–H and O–H groups in total. The molecule has 4 nitrogen and oxygen atoms in total. The van der Waals surface area contributed by atoms with Gasteiger partial charge in [-0.2, -0.15) is 5.10 Å². The van der Waals surface area contributed by atoms with E-state index in [0.29, 0.717) is 0 Å². The Bertz CT molecular complexity index is 513. The molecule has 92 valence electrons. The van der Waals surface area contributed by atoms with Crippen LogP contribution in [0.4, 0.5) is 5.69 Å². The number of aryl methyl sites for hydroxylation is 2. The van der Waals surface area contributed by atoms with Gasteiger partial charge in [0.25, 0.3) is 0 Å². The average Bonchev–Trinajstić information content (AvgIpc) is 2.92. The van der Waals surface area contributed by atoms with Gasteiger partial charge in [-0.1, -0.05) is 20.8 Å². The van der Waals surface area contributed by atoms with E-state index in [1.54, 1.807) is 11.3 Å². The predicted octanol–water partition coefficient (Wildman–Crippen LogP) is 2.60. The van der Waals surface area contributed by atoms with Crippen LogP contribution in [-0.4, -0.2) is 14.8 Å². The zero-order chi connectivity index (χ0) is 12.4. The minimum absolute atomic E-state index is 0.822. The van der Waals surface area contributed by atoms with E-state index in [1.807, 2.05) is 4.68 Å². The van der Waals surface area contributed by atoms with Crippen molar-refractivity contribution in [2.24, 2.45) is 0 Å². The lowest BCUT2D eigenvalue weighted by atomic mass is 10.2. The zero-order valence-electron chi connectivity index (χ0n) is 10.5. The van der Waals surface area contributed by atoms with Crippen LogP contribution in [-0.2, 0) is 19.3 Å². The summed E-state index contributed by atoms with van der Waals surface area (Å²) in [5.41, 5.74) is 10.1. The molecule has 0 saturated carbocycles. The van der Waals surface area contributed by atoms with Crippen molar-refractivity contribution >= 4 is 17.0 Å². The molecule has 0 radical (unpaired) electrons. The van der Waals surface area contributed by atoms with E-state index >= 15 is 0 Å². The van der Waals surface area contributed by atoms with E-state index in [2.05, 4.69) is 36.2 Å². The number of aromatic nitrogens is 3. The fourth-order valence-corrected chi connectivity index (χ4v) is 2.71. The van der Waals surface area contributed by atoms with Crippen LogP contribution in [0.15, 0.2) is 5.38 Å². The highest BCUT2D eigenvalue weighted by atomic mass is 32.1. The molecular formula is C12H18N4S. The van der Waals surface area contributed by atoms with Crippen LogP contribution in [0.1, 0.15) is 37.9 Å². The van der Waals surface area contributed by atoms with Crippen LogP contribution < -0.4 is 5.73 Å². The van der Waals surface area contributed by atoms with Gasteiger partial charge in [-0.25, -0.2) is 9.67 Å². The Labute approximate surface area is 105 Å². The summed E-state index contributed by atoms with van der Waals surface area (Å²) in [6, 6.07) is 0. The highest BCUT2D eigenvalue weighted by Crippen LogP contribution is 2.24. The molecule has 0 saturated heterocycles. The molecule has 0 atom stereocenters. The molecule has 0 amide bonds. The van der Waals surface area contributed by atoms with Crippen molar-refractivity contribution in [1.82, 2.24) is 14.8 Å².